The average molecular weight is 429 g/mol. The second-order valence-electron chi connectivity index (χ2n) is 8.70. The third kappa shape index (κ3) is 7.56. The summed E-state index contributed by atoms with van der Waals surface area (Å²) in [6, 6.07) is -3.94. The highest BCUT2D eigenvalue weighted by atomic mass is 16.4. The number of nitrogens with one attached hydrogen (secondary N) is 2. The van der Waals surface area contributed by atoms with Crippen molar-refractivity contribution < 1.29 is 29.4 Å². The molecule has 6 N–H and O–H groups in total. The third-order valence-corrected chi connectivity index (χ3v) is 5.02. The van der Waals surface area contributed by atoms with Crippen LogP contribution in [0.2, 0.25) is 0 Å². The Morgan fingerprint density at radius 2 is 1.57 bits per heavy atom. The Morgan fingerprint density at radius 3 is 2.07 bits per heavy atom. The van der Waals surface area contributed by atoms with Crippen molar-refractivity contribution >= 4 is 23.7 Å². The van der Waals surface area contributed by atoms with Gasteiger partial charge in [-0.25, -0.2) is 4.79 Å². The van der Waals surface area contributed by atoms with Crippen LogP contribution >= 0.6 is 0 Å². The van der Waals surface area contributed by atoms with Gasteiger partial charge in [0.25, 0.3) is 0 Å². The molecule has 0 aromatic heterocycles. The highest BCUT2D eigenvalue weighted by molar-refractivity contribution is 5.94. The number of amides is 3. The van der Waals surface area contributed by atoms with Gasteiger partial charge in [0.2, 0.25) is 17.7 Å². The summed E-state index contributed by atoms with van der Waals surface area (Å²) in [5, 5.41) is 23.9. The molecule has 172 valence electrons. The SMILES string of the molecule is CC(C)CC(N)C(=O)NC(CO)C(=O)NC(CC(C)C)C(=O)N1CCCC1C(=O)O. The average Bonchev–Trinajstić information content (AvgIpc) is 3.13. The summed E-state index contributed by atoms with van der Waals surface area (Å²) in [5.41, 5.74) is 5.82. The molecule has 1 aliphatic heterocycles. The lowest BCUT2D eigenvalue weighted by atomic mass is 10.0. The Hall–Kier alpha value is -2.20. The van der Waals surface area contributed by atoms with Crippen LogP contribution in [-0.4, -0.2) is 76.1 Å². The molecule has 1 fully saturated rings. The predicted molar refractivity (Wildman–Crippen MR) is 110 cm³/mol. The van der Waals surface area contributed by atoms with E-state index in [2.05, 4.69) is 10.6 Å². The molecule has 4 atom stereocenters. The Morgan fingerprint density at radius 1 is 1.00 bits per heavy atom. The molecule has 0 aliphatic carbocycles. The summed E-state index contributed by atoms with van der Waals surface area (Å²) < 4.78 is 0. The number of likely N-dealkylation sites (tertiary alicyclic amines) is 1. The first-order valence-corrected chi connectivity index (χ1v) is 10.5. The first-order valence-electron chi connectivity index (χ1n) is 10.5. The van der Waals surface area contributed by atoms with Crippen molar-refractivity contribution in [3.05, 3.63) is 0 Å². The lowest BCUT2D eigenvalue weighted by molar-refractivity contribution is -0.149. The summed E-state index contributed by atoms with van der Waals surface area (Å²) in [4.78, 5) is 50.6. The fourth-order valence-electron chi connectivity index (χ4n) is 3.54. The number of aliphatic hydroxyl groups is 1. The van der Waals surface area contributed by atoms with E-state index in [9.17, 15) is 29.4 Å². The van der Waals surface area contributed by atoms with Crippen molar-refractivity contribution in [1.82, 2.24) is 15.5 Å². The molecule has 10 nitrogen and oxygen atoms in total. The topological polar surface area (TPSA) is 162 Å². The normalized spacial score (nSPS) is 19.5. The molecule has 0 aromatic carbocycles. The van der Waals surface area contributed by atoms with Crippen LogP contribution in [0.4, 0.5) is 0 Å². The predicted octanol–water partition coefficient (Wildman–Crippen LogP) is -0.557. The van der Waals surface area contributed by atoms with E-state index < -0.39 is 54.5 Å². The molecule has 1 aliphatic rings. The summed E-state index contributed by atoms with van der Waals surface area (Å²) in [6.07, 6.45) is 1.67. The summed E-state index contributed by atoms with van der Waals surface area (Å²) in [7, 11) is 0. The fraction of sp³-hybridized carbons (Fsp3) is 0.800. The minimum absolute atomic E-state index is 0.0479. The number of rotatable bonds is 11. The second-order valence-corrected chi connectivity index (χ2v) is 8.70. The van der Waals surface area contributed by atoms with Crippen molar-refractivity contribution in [2.45, 2.75) is 77.5 Å². The number of nitrogens with zero attached hydrogens (tertiary/aromatic N) is 1. The van der Waals surface area contributed by atoms with Gasteiger partial charge in [-0.05, 0) is 37.5 Å². The highest BCUT2D eigenvalue weighted by Gasteiger charge is 2.38. The van der Waals surface area contributed by atoms with Crippen LogP contribution in [0.1, 0.15) is 53.4 Å². The Labute approximate surface area is 177 Å². The van der Waals surface area contributed by atoms with Gasteiger partial charge in [0.05, 0.1) is 12.6 Å². The third-order valence-electron chi connectivity index (χ3n) is 5.02. The summed E-state index contributed by atoms with van der Waals surface area (Å²) in [5.74, 6) is -2.59. The smallest absolute Gasteiger partial charge is 0.326 e. The Kier molecular flexibility index (Phi) is 10.2. The van der Waals surface area contributed by atoms with Crippen molar-refractivity contribution in [2.75, 3.05) is 13.2 Å². The van der Waals surface area contributed by atoms with Crippen molar-refractivity contribution in [1.29, 1.82) is 0 Å². The summed E-state index contributed by atoms with van der Waals surface area (Å²) >= 11 is 0. The highest BCUT2D eigenvalue weighted by Crippen LogP contribution is 2.20. The fourth-order valence-corrected chi connectivity index (χ4v) is 3.54. The van der Waals surface area contributed by atoms with Gasteiger partial charge in [-0.15, -0.1) is 0 Å². The van der Waals surface area contributed by atoms with Crippen LogP contribution in [0, 0.1) is 11.8 Å². The number of carbonyl (C=O) groups is 4. The minimum Gasteiger partial charge on any atom is -0.480 e. The zero-order valence-electron chi connectivity index (χ0n) is 18.3. The maximum Gasteiger partial charge on any atom is 0.326 e. The molecular formula is C20H36N4O6. The maximum absolute atomic E-state index is 13.0. The van der Waals surface area contributed by atoms with E-state index >= 15 is 0 Å². The molecule has 0 spiro atoms. The number of aliphatic hydroxyl groups excluding tert-OH is 1. The van der Waals surface area contributed by atoms with Crippen LogP contribution in [-0.2, 0) is 19.2 Å². The van der Waals surface area contributed by atoms with E-state index in [1.54, 1.807) is 0 Å². The standard InChI is InChI=1S/C20H36N4O6/c1-11(2)8-13(21)17(26)23-15(10-25)18(27)22-14(9-12(3)4)19(28)24-7-5-6-16(24)20(29)30/h11-16,25H,5-10,21H2,1-4H3,(H,22,27)(H,23,26)(H,29,30). The maximum atomic E-state index is 13.0. The molecule has 30 heavy (non-hydrogen) atoms. The van der Waals surface area contributed by atoms with Gasteiger partial charge in [-0.3, -0.25) is 14.4 Å². The van der Waals surface area contributed by atoms with Gasteiger partial charge in [0.1, 0.15) is 18.1 Å². The zero-order chi connectivity index (χ0) is 23.0. The van der Waals surface area contributed by atoms with Crippen LogP contribution in [0.25, 0.3) is 0 Å². The number of carboxylic acids is 1. The number of nitrogens with two attached hydrogens (primary N) is 1. The largest absolute Gasteiger partial charge is 0.480 e. The van der Waals surface area contributed by atoms with Gasteiger partial charge < -0.3 is 31.5 Å². The monoisotopic (exact) mass is 428 g/mol. The van der Waals surface area contributed by atoms with Gasteiger partial charge in [0, 0.05) is 6.54 Å². The van der Waals surface area contributed by atoms with Crippen LogP contribution in [0.3, 0.4) is 0 Å². The van der Waals surface area contributed by atoms with Gasteiger partial charge in [0.15, 0.2) is 0 Å². The Bertz CT molecular complexity index is 624. The molecule has 0 saturated carbocycles. The van der Waals surface area contributed by atoms with Crippen LogP contribution in [0.5, 0.6) is 0 Å². The molecule has 1 saturated heterocycles. The number of hydrogen-bond donors (Lipinski definition) is 5. The quantitative estimate of drug-likeness (QED) is 0.295. The zero-order valence-corrected chi connectivity index (χ0v) is 18.3. The van der Waals surface area contributed by atoms with E-state index in [-0.39, 0.29) is 11.8 Å². The number of carboxylic acid groups (broad SMARTS) is 1. The molecule has 3 amide bonds. The van der Waals surface area contributed by atoms with E-state index in [4.69, 9.17) is 5.73 Å². The lowest BCUT2D eigenvalue weighted by Crippen LogP contribution is -2.58. The van der Waals surface area contributed by atoms with E-state index in [0.717, 1.165) is 0 Å². The molecule has 1 heterocycles. The molecule has 10 heteroatoms. The Balaban J connectivity index is 2.87. The molecular weight excluding hydrogens is 392 g/mol. The van der Waals surface area contributed by atoms with Gasteiger partial charge >= 0.3 is 5.97 Å². The molecule has 0 aromatic rings. The van der Waals surface area contributed by atoms with Crippen LogP contribution < -0.4 is 16.4 Å². The van der Waals surface area contributed by atoms with Crippen molar-refractivity contribution in [3.63, 3.8) is 0 Å². The van der Waals surface area contributed by atoms with Gasteiger partial charge in [-0.1, -0.05) is 27.7 Å². The van der Waals surface area contributed by atoms with Crippen LogP contribution in [0.15, 0.2) is 0 Å². The number of hydrogen-bond acceptors (Lipinski definition) is 6. The lowest BCUT2D eigenvalue weighted by Gasteiger charge is -2.29. The first-order chi connectivity index (χ1) is 14.0. The van der Waals surface area contributed by atoms with E-state index in [0.29, 0.717) is 32.2 Å². The number of aliphatic carboxylic acids is 1. The molecule has 4 unspecified atom stereocenters. The number of carbonyl (C=O) groups excluding carboxylic acids is 3. The molecule has 0 bridgehead atoms. The van der Waals surface area contributed by atoms with E-state index in [1.807, 2.05) is 27.7 Å². The van der Waals surface area contributed by atoms with E-state index in [1.165, 1.54) is 4.90 Å². The van der Waals surface area contributed by atoms with Crippen molar-refractivity contribution in [2.24, 2.45) is 17.6 Å². The minimum atomic E-state index is -1.26. The summed E-state index contributed by atoms with van der Waals surface area (Å²) in [6.45, 7) is 7.23. The molecule has 0 radical (unpaired) electrons. The van der Waals surface area contributed by atoms with Gasteiger partial charge in [-0.2, -0.15) is 0 Å². The van der Waals surface area contributed by atoms with Crippen molar-refractivity contribution in [3.8, 4) is 0 Å². The molecule has 1 rings (SSSR count). The first kappa shape index (κ1) is 25.8. The second kappa shape index (κ2) is 11.8.